The van der Waals surface area contributed by atoms with E-state index in [9.17, 15) is 0 Å². The Labute approximate surface area is 71.8 Å². The Bertz CT molecular complexity index is 330. The molecule has 3 unspecified atom stereocenters. The molecule has 0 N–H and O–H groups in total. The van der Waals surface area contributed by atoms with Crippen LogP contribution in [0.1, 0.15) is 32.0 Å². The molecule has 2 heterocycles. The summed E-state index contributed by atoms with van der Waals surface area (Å²) < 4.78 is 2.20. The monoisotopic (exact) mass is 163 g/mol. The van der Waals surface area contributed by atoms with Crippen LogP contribution in [0.3, 0.4) is 0 Å². The third kappa shape index (κ3) is 0.520. The third-order valence-electron chi connectivity index (χ3n) is 3.93. The zero-order valence-corrected chi connectivity index (χ0v) is 7.49. The van der Waals surface area contributed by atoms with Crippen LogP contribution in [0, 0.1) is 11.3 Å². The first-order valence-electron chi connectivity index (χ1n) is 4.65. The smallest absolute Gasteiger partial charge is 0.136 e. The number of aromatic nitrogens is 3. The standard InChI is InChI=1S/C9H13N3/c1-3-9(2)6-4-12-5-10-11-8(12)7(6)9/h5-7H,3-4H2,1-2H3. The minimum Gasteiger partial charge on any atom is -0.317 e. The molecule has 12 heavy (non-hydrogen) atoms. The van der Waals surface area contributed by atoms with Crippen LogP contribution in [0.25, 0.3) is 0 Å². The van der Waals surface area contributed by atoms with Gasteiger partial charge in [-0.2, -0.15) is 0 Å². The highest BCUT2D eigenvalue weighted by Crippen LogP contribution is 2.69. The van der Waals surface area contributed by atoms with E-state index in [2.05, 4.69) is 28.6 Å². The fourth-order valence-electron chi connectivity index (χ4n) is 2.79. The van der Waals surface area contributed by atoms with Gasteiger partial charge in [0.15, 0.2) is 0 Å². The number of hydrogen-bond donors (Lipinski definition) is 0. The topological polar surface area (TPSA) is 30.7 Å². The van der Waals surface area contributed by atoms with Crippen LogP contribution in [-0.2, 0) is 6.54 Å². The number of fused-ring (bicyclic) bond motifs is 3. The third-order valence-corrected chi connectivity index (χ3v) is 3.93. The van der Waals surface area contributed by atoms with Crippen molar-refractivity contribution in [1.29, 1.82) is 0 Å². The van der Waals surface area contributed by atoms with Crippen LogP contribution in [0.15, 0.2) is 6.33 Å². The van der Waals surface area contributed by atoms with E-state index < -0.39 is 0 Å². The van der Waals surface area contributed by atoms with Crippen LogP contribution >= 0.6 is 0 Å². The van der Waals surface area contributed by atoms with Crippen molar-refractivity contribution in [2.24, 2.45) is 11.3 Å². The lowest BCUT2D eigenvalue weighted by Gasteiger charge is -2.11. The molecule has 1 fully saturated rings. The highest BCUT2D eigenvalue weighted by Gasteiger charge is 2.65. The van der Waals surface area contributed by atoms with Crippen LogP contribution < -0.4 is 0 Å². The molecule has 1 aromatic rings. The SMILES string of the molecule is CCC1(C)C2Cn3cnnc3C21. The van der Waals surface area contributed by atoms with Gasteiger partial charge in [0.1, 0.15) is 12.2 Å². The number of rotatable bonds is 1. The minimum absolute atomic E-state index is 0.545. The van der Waals surface area contributed by atoms with Gasteiger partial charge in [-0.3, -0.25) is 0 Å². The average Bonchev–Trinajstić information content (AvgIpc) is 2.49. The van der Waals surface area contributed by atoms with Crippen LogP contribution in [0.2, 0.25) is 0 Å². The zero-order valence-electron chi connectivity index (χ0n) is 7.49. The van der Waals surface area contributed by atoms with Gasteiger partial charge >= 0.3 is 0 Å². The molecule has 2 aliphatic rings. The Balaban J connectivity index is 2.03. The van der Waals surface area contributed by atoms with Gasteiger partial charge in [0.05, 0.1) is 0 Å². The van der Waals surface area contributed by atoms with Crippen molar-refractivity contribution in [3.8, 4) is 0 Å². The normalized spacial score (nSPS) is 42.5. The van der Waals surface area contributed by atoms with E-state index in [4.69, 9.17) is 0 Å². The Morgan fingerprint density at radius 3 is 3.33 bits per heavy atom. The molecule has 0 amide bonds. The molecule has 0 bridgehead atoms. The molecule has 3 atom stereocenters. The summed E-state index contributed by atoms with van der Waals surface area (Å²) in [5.41, 5.74) is 0.545. The lowest BCUT2D eigenvalue weighted by atomic mass is 10.00. The minimum atomic E-state index is 0.545. The van der Waals surface area contributed by atoms with Crippen molar-refractivity contribution >= 4 is 0 Å². The van der Waals surface area contributed by atoms with Gasteiger partial charge in [0.25, 0.3) is 0 Å². The molecular formula is C9H13N3. The maximum Gasteiger partial charge on any atom is 0.136 e. The lowest BCUT2D eigenvalue weighted by Crippen LogP contribution is -2.08. The Morgan fingerprint density at radius 2 is 2.58 bits per heavy atom. The van der Waals surface area contributed by atoms with Crippen molar-refractivity contribution in [3.63, 3.8) is 0 Å². The lowest BCUT2D eigenvalue weighted by molar-refractivity contribution is 0.423. The predicted octanol–water partition coefficient (Wildman–Crippen LogP) is 1.42. The van der Waals surface area contributed by atoms with E-state index in [1.54, 1.807) is 0 Å². The summed E-state index contributed by atoms with van der Waals surface area (Å²) in [5, 5.41) is 8.11. The second-order valence-corrected chi connectivity index (χ2v) is 4.29. The van der Waals surface area contributed by atoms with E-state index in [0.717, 1.165) is 12.5 Å². The van der Waals surface area contributed by atoms with E-state index >= 15 is 0 Å². The fourth-order valence-corrected chi connectivity index (χ4v) is 2.79. The Hall–Kier alpha value is -0.860. The van der Waals surface area contributed by atoms with Crippen molar-refractivity contribution in [3.05, 3.63) is 12.2 Å². The van der Waals surface area contributed by atoms with Gasteiger partial charge in [0, 0.05) is 12.5 Å². The summed E-state index contributed by atoms with van der Waals surface area (Å²) in [7, 11) is 0. The number of nitrogens with zero attached hydrogens (tertiary/aromatic N) is 3. The molecule has 1 aliphatic carbocycles. The first-order chi connectivity index (χ1) is 5.77. The molecular weight excluding hydrogens is 150 g/mol. The van der Waals surface area contributed by atoms with E-state index in [1.807, 2.05) is 6.33 Å². The molecule has 64 valence electrons. The second-order valence-electron chi connectivity index (χ2n) is 4.29. The molecule has 1 aliphatic heterocycles. The van der Waals surface area contributed by atoms with Crippen LogP contribution in [-0.4, -0.2) is 14.8 Å². The fraction of sp³-hybridized carbons (Fsp3) is 0.778. The van der Waals surface area contributed by atoms with Gasteiger partial charge in [-0.05, 0) is 17.8 Å². The van der Waals surface area contributed by atoms with Gasteiger partial charge in [-0.1, -0.05) is 13.8 Å². The summed E-state index contributed by atoms with van der Waals surface area (Å²) in [5.74, 6) is 2.79. The van der Waals surface area contributed by atoms with Crippen molar-refractivity contribution in [2.75, 3.05) is 0 Å². The van der Waals surface area contributed by atoms with Crippen molar-refractivity contribution in [1.82, 2.24) is 14.8 Å². The summed E-state index contributed by atoms with van der Waals surface area (Å²) in [6, 6.07) is 0. The van der Waals surface area contributed by atoms with Crippen molar-refractivity contribution in [2.45, 2.75) is 32.7 Å². The molecule has 0 saturated heterocycles. The highest BCUT2D eigenvalue weighted by molar-refractivity contribution is 5.26. The summed E-state index contributed by atoms with van der Waals surface area (Å²) in [4.78, 5) is 0. The maximum atomic E-state index is 4.18. The summed E-state index contributed by atoms with van der Waals surface area (Å²) >= 11 is 0. The molecule has 3 rings (SSSR count). The molecule has 1 aromatic heterocycles. The maximum absolute atomic E-state index is 4.18. The predicted molar refractivity (Wildman–Crippen MR) is 44.7 cm³/mol. The van der Waals surface area contributed by atoms with Gasteiger partial charge < -0.3 is 4.57 Å². The van der Waals surface area contributed by atoms with Gasteiger partial charge in [0.2, 0.25) is 0 Å². The van der Waals surface area contributed by atoms with Crippen molar-refractivity contribution < 1.29 is 0 Å². The molecule has 0 radical (unpaired) electrons. The molecule has 3 nitrogen and oxygen atoms in total. The van der Waals surface area contributed by atoms with Gasteiger partial charge in [-0.15, -0.1) is 10.2 Å². The highest BCUT2D eigenvalue weighted by atomic mass is 15.3. The molecule has 0 aromatic carbocycles. The van der Waals surface area contributed by atoms with E-state index in [-0.39, 0.29) is 0 Å². The zero-order chi connectivity index (χ0) is 8.34. The molecule has 0 spiro atoms. The summed E-state index contributed by atoms with van der Waals surface area (Å²) in [6.07, 6.45) is 3.13. The largest absolute Gasteiger partial charge is 0.317 e. The summed E-state index contributed by atoms with van der Waals surface area (Å²) in [6.45, 7) is 5.80. The second kappa shape index (κ2) is 1.73. The first kappa shape index (κ1) is 6.63. The Morgan fingerprint density at radius 1 is 1.75 bits per heavy atom. The van der Waals surface area contributed by atoms with Crippen LogP contribution in [0.4, 0.5) is 0 Å². The molecule has 3 heteroatoms. The van der Waals surface area contributed by atoms with Gasteiger partial charge in [-0.25, -0.2) is 0 Å². The Kier molecular flexibility index (Phi) is 0.955. The number of hydrogen-bond acceptors (Lipinski definition) is 2. The average molecular weight is 163 g/mol. The van der Waals surface area contributed by atoms with E-state index in [0.29, 0.717) is 11.3 Å². The molecule has 1 saturated carbocycles. The quantitative estimate of drug-likeness (QED) is 0.627. The van der Waals surface area contributed by atoms with Crippen LogP contribution in [0.5, 0.6) is 0 Å². The van der Waals surface area contributed by atoms with E-state index in [1.165, 1.54) is 12.2 Å². The first-order valence-corrected chi connectivity index (χ1v) is 4.65.